The van der Waals surface area contributed by atoms with E-state index < -0.39 is 0 Å². The van der Waals surface area contributed by atoms with Gasteiger partial charge in [-0.15, -0.1) is 0 Å². The van der Waals surface area contributed by atoms with Crippen LogP contribution in [0.5, 0.6) is 11.5 Å². The van der Waals surface area contributed by atoms with Crippen LogP contribution in [0.1, 0.15) is 37.3 Å². The third-order valence-electron chi connectivity index (χ3n) is 5.54. The number of carbonyl (C=O) groups excluding carboxylic acids is 1. The summed E-state index contributed by atoms with van der Waals surface area (Å²) in [5.74, 6) is 1.65. The molecule has 4 rings (SSSR count). The lowest BCUT2D eigenvalue weighted by Gasteiger charge is -2.13. The minimum atomic E-state index is -0.0556. The molecule has 1 aliphatic rings. The summed E-state index contributed by atoms with van der Waals surface area (Å²) in [6, 6.07) is 11.8. The molecule has 166 valence electrons. The van der Waals surface area contributed by atoms with Gasteiger partial charge in [0.05, 0.1) is 32.0 Å². The number of rotatable bonds is 8. The number of unbranched alkanes of at least 4 members (excludes halogenated alkanes) is 2. The predicted molar refractivity (Wildman–Crippen MR) is 126 cm³/mol. The lowest BCUT2D eigenvalue weighted by atomic mass is 10.0. The summed E-state index contributed by atoms with van der Waals surface area (Å²) in [5, 5.41) is 6.26. The molecule has 0 aliphatic carbocycles. The Morgan fingerprint density at radius 1 is 1.06 bits per heavy atom. The Morgan fingerprint density at radius 3 is 2.69 bits per heavy atom. The van der Waals surface area contributed by atoms with Crippen LogP contribution in [0.25, 0.3) is 11.3 Å². The van der Waals surface area contributed by atoms with Gasteiger partial charge in [-0.05, 0) is 36.6 Å². The van der Waals surface area contributed by atoms with Gasteiger partial charge in [0.25, 0.3) is 0 Å². The Bertz CT molecular complexity index is 1130. The SMILES string of the molecule is CCCCCc1ccc2c(c1)NC(=O)Cc1cnc(Nc3ccc(OC)c(OC)c3)nc1-2. The Hall–Kier alpha value is -3.61. The van der Waals surface area contributed by atoms with Crippen LogP contribution in [-0.2, 0) is 17.6 Å². The van der Waals surface area contributed by atoms with Crippen molar-refractivity contribution in [1.82, 2.24) is 9.97 Å². The molecule has 0 fully saturated rings. The molecule has 0 radical (unpaired) electrons. The number of hydrogen-bond acceptors (Lipinski definition) is 6. The average Bonchev–Trinajstić information content (AvgIpc) is 2.94. The molecule has 0 saturated heterocycles. The Balaban J connectivity index is 1.66. The molecule has 7 nitrogen and oxygen atoms in total. The lowest BCUT2D eigenvalue weighted by molar-refractivity contribution is -0.115. The predicted octanol–water partition coefficient (Wildman–Crippen LogP) is 5.13. The molecule has 1 aliphatic heterocycles. The van der Waals surface area contributed by atoms with Crippen molar-refractivity contribution in [2.75, 3.05) is 24.9 Å². The van der Waals surface area contributed by atoms with Crippen molar-refractivity contribution >= 4 is 23.2 Å². The van der Waals surface area contributed by atoms with E-state index >= 15 is 0 Å². The van der Waals surface area contributed by atoms with Gasteiger partial charge < -0.3 is 20.1 Å². The number of benzene rings is 2. The maximum Gasteiger partial charge on any atom is 0.228 e. The van der Waals surface area contributed by atoms with Gasteiger partial charge in [0.2, 0.25) is 11.9 Å². The van der Waals surface area contributed by atoms with E-state index in [4.69, 9.17) is 14.5 Å². The maximum absolute atomic E-state index is 12.5. The van der Waals surface area contributed by atoms with Gasteiger partial charge in [0.15, 0.2) is 11.5 Å². The second-order valence-electron chi connectivity index (χ2n) is 7.82. The van der Waals surface area contributed by atoms with Crippen molar-refractivity contribution in [3.05, 3.63) is 53.7 Å². The van der Waals surface area contributed by atoms with Crippen molar-refractivity contribution in [3.63, 3.8) is 0 Å². The number of fused-ring (bicyclic) bond motifs is 3. The van der Waals surface area contributed by atoms with E-state index in [-0.39, 0.29) is 12.3 Å². The molecule has 7 heteroatoms. The monoisotopic (exact) mass is 432 g/mol. The van der Waals surface area contributed by atoms with Crippen LogP contribution < -0.4 is 20.1 Å². The van der Waals surface area contributed by atoms with E-state index in [0.717, 1.165) is 41.0 Å². The fraction of sp³-hybridized carbons (Fsp3) is 0.320. The summed E-state index contributed by atoms with van der Waals surface area (Å²) < 4.78 is 10.7. The second-order valence-corrected chi connectivity index (χ2v) is 7.82. The summed E-state index contributed by atoms with van der Waals surface area (Å²) in [6.07, 6.45) is 6.48. The summed E-state index contributed by atoms with van der Waals surface area (Å²) in [5.41, 5.74) is 5.27. The zero-order valence-corrected chi connectivity index (χ0v) is 18.7. The van der Waals surface area contributed by atoms with E-state index in [1.807, 2.05) is 24.3 Å². The highest BCUT2D eigenvalue weighted by Crippen LogP contribution is 2.35. The molecule has 3 aromatic rings. The lowest BCUT2D eigenvalue weighted by Crippen LogP contribution is -2.13. The van der Waals surface area contributed by atoms with E-state index in [1.165, 1.54) is 18.4 Å². The van der Waals surface area contributed by atoms with Gasteiger partial charge in [-0.1, -0.05) is 31.9 Å². The molecule has 0 saturated carbocycles. The Labute approximate surface area is 188 Å². The average molecular weight is 433 g/mol. The second kappa shape index (κ2) is 9.68. The van der Waals surface area contributed by atoms with Gasteiger partial charge >= 0.3 is 0 Å². The van der Waals surface area contributed by atoms with Crippen molar-refractivity contribution < 1.29 is 14.3 Å². The van der Waals surface area contributed by atoms with Crippen LogP contribution in [0.2, 0.25) is 0 Å². The minimum Gasteiger partial charge on any atom is -0.493 e. The Kier molecular flexibility index (Phi) is 6.54. The standard InChI is InChI=1S/C25H28N4O3/c1-4-5-6-7-16-8-10-19-20(12-16)28-23(30)13-17-15-26-25(29-24(17)19)27-18-9-11-21(31-2)22(14-18)32-3/h8-12,14-15H,4-7,13H2,1-3H3,(H,28,30)(H,26,27,29). The van der Waals surface area contributed by atoms with E-state index in [0.29, 0.717) is 17.4 Å². The largest absolute Gasteiger partial charge is 0.493 e. The first-order valence-corrected chi connectivity index (χ1v) is 10.9. The van der Waals surface area contributed by atoms with Crippen LogP contribution in [0.3, 0.4) is 0 Å². The maximum atomic E-state index is 12.5. The molecular weight excluding hydrogens is 404 g/mol. The topological polar surface area (TPSA) is 85.4 Å². The van der Waals surface area contributed by atoms with Crippen molar-refractivity contribution in [2.24, 2.45) is 0 Å². The molecule has 32 heavy (non-hydrogen) atoms. The van der Waals surface area contributed by atoms with Crippen LogP contribution in [0.4, 0.5) is 17.3 Å². The summed E-state index contributed by atoms with van der Waals surface area (Å²) in [7, 11) is 3.19. The third kappa shape index (κ3) is 4.66. The number of amides is 1. The highest BCUT2D eigenvalue weighted by molar-refractivity contribution is 6.00. The summed E-state index contributed by atoms with van der Waals surface area (Å²) >= 11 is 0. The molecule has 2 N–H and O–H groups in total. The first-order chi connectivity index (χ1) is 15.6. The number of anilines is 3. The van der Waals surface area contributed by atoms with Crippen LogP contribution in [-0.4, -0.2) is 30.1 Å². The fourth-order valence-corrected chi connectivity index (χ4v) is 3.88. The number of nitrogens with one attached hydrogen (secondary N) is 2. The van der Waals surface area contributed by atoms with Gasteiger partial charge in [0.1, 0.15) is 0 Å². The molecular formula is C25H28N4O3. The Morgan fingerprint density at radius 2 is 1.91 bits per heavy atom. The third-order valence-corrected chi connectivity index (χ3v) is 5.54. The normalized spacial score (nSPS) is 12.3. The molecule has 0 unspecified atom stereocenters. The highest BCUT2D eigenvalue weighted by Gasteiger charge is 2.21. The molecule has 0 spiro atoms. The van der Waals surface area contributed by atoms with Crippen molar-refractivity contribution in [1.29, 1.82) is 0 Å². The quantitative estimate of drug-likeness (QED) is 0.480. The van der Waals surface area contributed by atoms with E-state index in [1.54, 1.807) is 20.4 Å². The van der Waals surface area contributed by atoms with E-state index in [2.05, 4.69) is 34.7 Å². The number of aromatic nitrogens is 2. The van der Waals surface area contributed by atoms with E-state index in [9.17, 15) is 4.79 Å². The van der Waals surface area contributed by atoms with Gasteiger partial charge in [-0.25, -0.2) is 9.97 Å². The van der Waals surface area contributed by atoms with Gasteiger partial charge in [-0.3, -0.25) is 4.79 Å². The van der Waals surface area contributed by atoms with Crippen molar-refractivity contribution in [3.8, 4) is 22.8 Å². The number of ether oxygens (including phenoxy) is 2. The summed E-state index contributed by atoms with van der Waals surface area (Å²) in [6.45, 7) is 2.20. The van der Waals surface area contributed by atoms with Gasteiger partial charge in [-0.2, -0.15) is 0 Å². The zero-order valence-electron chi connectivity index (χ0n) is 18.7. The summed E-state index contributed by atoms with van der Waals surface area (Å²) in [4.78, 5) is 21.7. The molecule has 0 atom stereocenters. The number of nitrogens with zero attached hydrogens (tertiary/aromatic N) is 2. The van der Waals surface area contributed by atoms with Crippen LogP contribution in [0, 0.1) is 0 Å². The molecule has 1 aromatic heterocycles. The molecule has 2 heterocycles. The van der Waals surface area contributed by atoms with Crippen molar-refractivity contribution in [2.45, 2.75) is 39.0 Å². The molecule has 0 bridgehead atoms. The van der Waals surface area contributed by atoms with Crippen LogP contribution in [0.15, 0.2) is 42.6 Å². The highest BCUT2D eigenvalue weighted by atomic mass is 16.5. The van der Waals surface area contributed by atoms with Gasteiger partial charge in [0, 0.05) is 29.1 Å². The number of hydrogen-bond donors (Lipinski definition) is 2. The molecule has 2 aromatic carbocycles. The number of methoxy groups -OCH3 is 2. The minimum absolute atomic E-state index is 0.0556. The van der Waals surface area contributed by atoms with Crippen LogP contribution >= 0.6 is 0 Å². The fourth-order valence-electron chi connectivity index (χ4n) is 3.88. The number of carbonyl (C=O) groups is 1. The first-order valence-electron chi connectivity index (χ1n) is 10.9. The zero-order chi connectivity index (χ0) is 22.5. The smallest absolute Gasteiger partial charge is 0.228 e. The first kappa shape index (κ1) is 21.6. The molecule has 1 amide bonds. The number of aryl methyl sites for hydroxylation is 1.